The van der Waals surface area contributed by atoms with Gasteiger partial charge in [0.15, 0.2) is 0 Å². The molecule has 0 fully saturated rings. The molecule has 0 radical (unpaired) electrons. The second-order valence-corrected chi connectivity index (χ2v) is 3.76. The lowest BCUT2D eigenvalue weighted by molar-refractivity contribution is 0.237. The molecule has 2 N–H and O–H groups in total. The monoisotopic (exact) mass is 195 g/mol. The highest BCUT2D eigenvalue weighted by molar-refractivity contribution is 5.25. The van der Waals surface area contributed by atoms with E-state index in [1.54, 1.807) is 0 Å². The first-order chi connectivity index (χ1) is 6.85. The van der Waals surface area contributed by atoms with E-state index in [9.17, 15) is 0 Å². The maximum atomic E-state index is 5.60. The highest BCUT2D eigenvalue weighted by Crippen LogP contribution is 2.21. The van der Waals surface area contributed by atoms with Crippen molar-refractivity contribution in [1.29, 1.82) is 0 Å². The number of rotatable bonds is 3. The molecule has 0 spiro atoms. The van der Waals surface area contributed by atoms with E-state index in [2.05, 4.69) is 17.0 Å². The van der Waals surface area contributed by atoms with Crippen LogP contribution in [0.15, 0.2) is 4.52 Å². The summed E-state index contributed by atoms with van der Waals surface area (Å²) in [5.41, 5.74) is 7.76. The van der Waals surface area contributed by atoms with Gasteiger partial charge in [0.05, 0.1) is 0 Å². The van der Waals surface area contributed by atoms with Crippen molar-refractivity contribution in [2.45, 2.75) is 32.9 Å². The van der Waals surface area contributed by atoms with E-state index in [4.69, 9.17) is 10.3 Å². The van der Waals surface area contributed by atoms with Crippen molar-refractivity contribution in [3.05, 3.63) is 17.0 Å². The number of hydrogen-bond acceptors (Lipinski definition) is 4. The van der Waals surface area contributed by atoms with Gasteiger partial charge in [-0.2, -0.15) is 0 Å². The first kappa shape index (κ1) is 9.68. The third kappa shape index (κ3) is 1.67. The number of aromatic nitrogens is 1. The van der Waals surface area contributed by atoms with Crippen molar-refractivity contribution >= 4 is 0 Å². The molecule has 0 amide bonds. The molecule has 1 aliphatic heterocycles. The smallest absolute Gasteiger partial charge is 0.142 e. The van der Waals surface area contributed by atoms with Gasteiger partial charge >= 0.3 is 0 Å². The van der Waals surface area contributed by atoms with Gasteiger partial charge in [0, 0.05) is 31.6 Å². The van der Waals surface area contributed by atoms with Crippen LogP contribution in [0.25, 0.3) is 0 Å². The Kier molecular flexibility index (Phi) is 2.84. The van der Waals surface area contributed by atoms with Crippen LogP contribution in [0.2, 0.25) is 0 Å². The molecule has 4 heteroatoms. The zero-order valence-corrected chi connectivity index (χ0v) is 8.62. The molecule has 2 rings (SSSR count). The summed E-state index contributed by atoms with van der Waals surface area (Å²) in [6, 6.07) is 0. The summed E-state index contributed by atoms with van der Waals surface area (Å²) < 4.78 is 5.25. The van der Waals surface area contributed by atoms with Crippen LogP contribution in [0, 0.1) is 0 Å². The molecule has 2 heterocycles. The SMILES string of the molecule is CCCN1CCc2onc(CN)c2C1. The summed E-state index contributed by atoms with van der Waals surface area (Å²) >= 11 is 0. The van der Waals surface area contributed by atoms with E-state index >= 15 is 0 Å². The predicted molar refractivity (Wildman–Crippen MR) is 53.7 cm³/mol. The van der Waals surface area contributed by atoms with Crippen LogP contribution in [0.3, 0.4) is 0 Å². The minimum absolute atomic E-state index is 0.485. The Morgan fingerprint density at radius 3 is 3.14 bits per heavy atom. The average molecular weight is 195 g/mol. The topological polar surface area (TPSA) is 55.3 Å². The fourth-order valence-electron chi connectivity index (χ4n) is 1.99. The van der Waals surface area contributed by atoms with Crippen molar-refractivity contribution in [2.75, 3.05) is 13.1 Å². The van der Waals surface area contributed by atoms with Crippen molar-refractivity contribution in [1.82, 2.24) is 10.1 Å². The third-order valence-electron chi connectivity index (χ3n) is 2.72. The standard InChI is InChI=1S/C10H17N3O/c1-2-4-13-5-3-10-8(7-13)9(6-11)12-14-10/h2-7,11H2,1H3. The molecular weight excluding hydrogens is 178 g/mol. The normalized spacial score (nSPS) is 17.0. The van der Waals surface area contributed by atoms with E-state index in [0.717, 1.165) is 37.5 Å². The molecule has 1 aliphatic rings. The molecule has 1 aromatic heterocycles. The van der Waals surface area contributed by atoms with Crippen molar-refractivity contribution in [3.63, 3.8) is 0 Å². The van der Waals surface area contributed by atoms with Crippen LogP contribution in [0.5, 0.6) is 0 Å². The zero-order valence-electron chi connectivity index (χ0n) is 8.62. The lowest BCUT2D eigenvalue weighted by Crippen LogP contribution is -2.31. The minimum atomic E-state index is 0.485. The Morgan fingerprint density at radius 1 is 1.57 bits per heavy atom. The van der Waals surface area contributed by atoms with Gasteiger partial charge in [-0.15, -0.1) is 0 Å². The first-order valence-electron chi connectivity index (χ1n) is 5.24. The maximum absolute atomic E-state index is 5.60. The van der Waals surface area contributed by atoms with Gasteiger partial charge in [0.2, 0.25) is 0 Å². The van der Waals surface area contributed by atoms with Crippen LogP contribution in [-0.2, 0) is 19.5 Å². The third-order valence-corrected chi connectivity index (χ3v) is 2.72. The van der Waals surface area contributed by atoms with Gasteiger partial charge in [0.25, 0.3) is 0 Å². The Morgan fingerprint density at radius 2 is 2.43 bits per heavy atom. The van der Waals surface area contributed by atoms with Gasteiger partial charge in [-0.25, -0.2) is 0 Å². The Bertz CT molecular complexity index is 295. The molecule has 78 valence electrons. The fraction of sp³-hybridized carbons (Fsp3) is 0.700. The molecular formula is C10H17N3O. The lowest BCUT2D eigenvalue weighted by Gasteiger charge is -2.25. The Hall–Kier alpha value is -0.870. The number of nitrogens with two attached hydrogens (primary N) is 1. The molecule has 1 aromatic rings. The van der Waals surface area contributed by atoms with Gasteiger partial charge in [-0.05, 0) is 13.0 Å². The van der Waals surface area contributed by atoms with Crippen molar-refractivity contribution in [3.8, 4) is 0 Å². The summed E-state index contributed by atoms with van der Waals surface area (Å²) in [6.45, 7) is 5.87. The number of hydrogen-bond donors (Lipinski definition) is 1. The summed E-state index contributed by atoms with van der Waals surface area (Å²) in [6.07, 6.45) is 2.17. The van der Waals surface area contributed by atoms with Gasteiger partial charge in [0.1, 0.15) is 11.5 Å². The molecule has 0 aliphatic carbocycles. The summed E-state index contributed by atoms with van der Waals surface area (Å²) in [4.78, 5) is 2.43. The highest BCUT2D eigenvalue weighted by Gasteiger charge is 2.22. The highest BCUT2D eigenvalue weighted by atomic mass is 16.5. The molecule has 0 saturated heterocycles. The molecule has 4 nitrogen and oxygen atoms in total. The molecule has 14 heavy (non-hydrogen) atoms. The number of nitrogens with zero attached hydrogens (tertiary/aromatic N) is 2. The van der Waals surface area contributed by atoms with Crippen LogP contribution >= 0.6 is 0 Å². The zero-order chi connectivity index (χ0) is 9.97. The molecule has 0 aromatic carbocycles. The lowest BCUT2D eigenvalue weighted by atomic mass is 10.1. The van der Waals surface area contributed by atoms with Crippen LogP contribution in [0.1, 0.15) is 30.4 Å². The van der Waals surface area contributed by atoms with Crippen LogP contribution in [-0.4, -0.2) is 23.1 Å². The maximum Gasteiger partial charge on any atom is 0.142 e. The van der Waals surface area contributed by atoms with Crippen molar-refractivity contribution < 1.29 is 4.52 Å². The van der Waals surface area contributed by atoms with E-state index in [-0.39, 0.29) is 0 Å². The summed E-state index contributed by atoms with van der Waals surface area (Å²) in [5.74, 6) is 1.04. The summed E-state index contributed by atoms with van der Waals surface area (Å²) in [7, 11) is 0. The van der Waals surface area contributed by atoms with Crippen LogP contribution in [0.4, 0.5) is 0 Å². The van der Waals surface area contributed by atoms with Gasteiger partial charge in [-0.1, -0.05) is 12.1 Å². The predicted octanol–water partition coefficient (Wildman–Crippen LogP) is 0.901. The average Bonchev–Trinajstić information content (AvgIpc) is 2.60. The molecule has 0 saturated carbocycles. The minimum Gasteiger partial charge on any atom is -0.361 e. The fourth-order valence-corrected chi connectivity index (χ4v) is 1.99. The molecule has 0 atom stereocenters. The van der Waals surface area contributed by atoms with Crippen LogP contribution < -0.4 is 5.73 Å². The van der Waals surface area contributed by atoms with Gasteiger partial charge in [-0.3, -0.25) is 4.90 Å². The van der Waals surface area contributed by atoms with E-state index < -0.39 is 0 Å². The molecule has 0 bridgehead atoms. The second kappa shape index (κ2) is 4.11. The summed E-state index contributed by atoms with van der Waals surface area (Å²) in [5, 5.41) is 3.98. The first-order valence-corrected chi connectivity index (χ1v) is 5.24. The van der Waals surface area contributed by atoms with E-state index in [1.165, 1.54) is 12.0 Å². The Labute approximate surface area is 84.0 Å². The Balaban J connectivity index is 2.14. The number of fused-ring (bicyclic) bond motifs is 1. The quantitative estimate of drug-likeness (QED) is 0.778. The largest absolute Gasteiger partial charge is 0.361 e. The van der Waals surface area contributed by atoms with Crippen molar-refractivity contribution in [2.24, 2.45) is 5.73 Å². The van der Waals surface area contributed by atoms with E-state index in [0.29, 0.717) is 6.54 Å². The molecule has 0 unspecified atom stereocenters. The van der Waals surface area contributed by atoms with E-state index in [1.807, 2.05) is 0 Å². The van der Waals surface area contributed by atoms with Gasteiger partial charge < -0.3 is 10.3 Å². The second-order valence-electron chi connectivity index (χ2n) is 3.76.